The number of aliphatic imine (C=N–C) groups is 2. The van der Waals surface area contributed by atoms with E-state index in [0.29, 0.717) is 34.6 Å². The molecule has 2 aromatic heterocycles. The van der Waals surface area contributed by atoms with Crippen molar-refractivity contribution in [3.63, 3.8) is 0 Å². The second-order valence-electron chi connectivity index (χ2n) is 9.62. The fraction of sp³-hybridized carbons (Fsp3) is 0.138. The number of carbonyl (C=O) groups excluding carboxylic acids is 1. The molecule has 0 saturated heterocycles. The number of amidine groups is 1. The number of carbonyl (C=O) groups is 1. The molecule has 0 aliphatic heterocycles. The van der Waals surface area contributed by atoms with Crippen LogP contribution in [0.4, 0.5) is 55.8 Å². The molecule has 0 bridgehead atoms. The molecule has 4 N–H and O–H groups in total. The number of hydrogen-bond donors (Lipinski definition) is 3. The van der Waals surface area contributed by atoms with E-state index in [1.54, 1.807) is 0 Å². The maximum Gasteiger partial charge on any atom is 0.435 e. The zero-order chi connectivity index (χ0) is 35.4. The van der Waals surface area contributed by atoms with Gasteiger partial charge in [0, 0.05) is 23.7 Å². The van der Waals surface area contributed by atoms with Crippen molar-refractivity contribution in [1.82, 2.24) is 20.1 Å². The van der Waals surface area contributed by atoms with E-state index in [4.69, 9.17) is 10.5 Å². The van der Waals surface area contributed by atoms with Gasteiger partial charge in [0.25, 0.3) is 0 Å². The molecule has 0 aliphatic rings. The van der Waals surface area contributed by atoms with E-state index in [2.05, 4.69) is 37.4 Å². The molecule has 252 valence electrons. The second-order valence-corrected chi connectivity index (χ2v) is 9.62. The summed E-state index contributed by atoms with van der Waals surface area (Å²) in [6.45, 7) is 4.64. The number of allylic oxidation sites excluding steroid dienone is 1. The molecule has 0 spiro atoms. The van der Waals surface area contributed by atoms with E-state index in [-0.39, 0.29) is 34.5 Å². The van der Waals surface area contributed by atoms with Crippen molar-refractivity contribution in [2.24, 2.45) is 9.98 Å². The van der Waals surface area contributed by atoms with Crippen LogP contribution in [0.1, 0.15) is 23.7 Å². The molecule has 2 aromatic carbocycles. The summed E-state index contributed by atoms with van der Waals surface area (Å²) < 4.78 is 125. The van der Waals surface area contributed by atoms with Gasteiger partial charge < -0.3 is 21.1 Å². The first-order chi connectivity index (χ1) is 22.3. The van der Waals surface area contributed by atoms with Gasteiger partial charge in [-0.2, -0.15) is 44.6 Å². The summed E-state index contributed by atoms with van der Waals surface area (Å²) in [6, 6.07) is 7.58. The average molecular weight is 685 g/mol. The molecule has 0 saturated carbocycles. The van der Waals surface area contributed by atoms with Gasteiger partial charge >= 0.3 is 30.6 Å². The molecule has 0 unspecified atom stereocenters. The lowest BCUT2D eigenvalue weighted by Crippen LogP contribution is -2.28. The summed E-state index contributed by atoms with van der Waals surface area (Å²) in [5.74, 6) is -0.00498. The molecule has 2 amide bonds. The van der Waals surface area contributed by atoms with Crippen LogP contribution in [0.25, 0.3) is 16.8 Å². The molecular formula is C29H21F9N8O2. The first-order valence-corrected chi connectivity index (χ1v) is 13.1. The molecule has 0 atom stereocenters. The van der Waals surface area contributed by atoms with Gasteiger partial charge in [0.15, 0.2) is 5.69 Å². The van der Waals surface area contributed by atoms with Gasteiger partial charge in [-0.15, -0.1) is 0 Å². The van der Waals surface area contributed by atoms with Crippen molar-refractivity contribution >= 4 is 30.3 Å². The van der Waals surface area contributed by atoms with Crippen molar-refractivity contribution in [1.29, 1.82) is 0 Å². The van der Waals surface area contributed by atoms with E-state index in [9.17, 15) is 44.3 Å². The molecule has 48 heavy (non-hydrogen) atoms. The summed E-state index contributed by atoms with van der Waals surface area (Å²) in [6.07, 6.45) is -11.8. The molecule has 19 heteroatoms. The number of amides is 2. The van der Waals surface area contributed by atoms with Gasteiger partial charge in [-0.3, -0.25) is 0 Å². The minimum absolute atomic E-state index is 0.00657. The molecule has 4 aromatic rings. The van der Waals surface area contributed by atoms with Crippen LogP contribution in [-0.2, 0) is 18.5 Å². The quantitative estimate of drug-likeness (QED) is 0.109. The Kier molecular flexibility index (Phi) is 9.81. The second kappa shape index (κ2) is 13.5. The molecule has 0 fully saturated rings. The maximum atomic E-state index is 13.3. The fourth-order valence-corrected chi connectivity index (χ4v) is 3.91. The molecule has 0 aliphatic carbocycles. The Morgan fingerprint density at radius 3 is 2.19 bits per heavy atom. The third kappa shape index (κ3) is 8.68. The van der Waals surface area contributed by atoms with Crippen LogP contribution >= 0.6 is 0 Å². The van der Waals surface area contributed by atoms with Crippen LogP contribution in [0.3, 0.4) is 0 Å². The Hall–Kier alpha value is -5.88. The first-order valence-electron chi connectivity index (χ1n) is 13.1. The Labute approximate surface area is 264 Å². The van der Waals surface area contributed by atoms with Crippen molar-refractivity contribution < 1.29 is 49.0 Å². The SMILES string of the molecule is C=NC(=N/C=C(\C)NC(=O)Nc1cc(C(F)(F)F)ccc1-n1ccc(C(F)(F)F)n1)Oc1ccc(-c2cc(C(F)(F)F)cnc2N)cc1. The number of hydrogen-bond acceptors (Lipinski definition) is 6. The van der Waals surface area contributed by atoms with Gasteiger partial charge in [-0.1, -0.05) is 12.1 Å². The standard InChI is InChI=1S/C29H21F9N8O2/c1-15(13-42-26(40-2)48-19-6-3-16(4-7-19)20-11-18(28(33,34)35)14-41-24(20)39)43-25(47)44-21-12-17(27(30,31)32)5-8-22(21)46-10-9-23(45-46)29(36,37)38/h3-14H,2H2,1H3,(H2,39,41)(H2,43,44,47)/b15-13+,42-26?. The van der Waals surface area contributed by atoms with Crippen LogP contribution < -0.4 is 21.1 Å². The summed E-state index contributed by atoms with van der Waals surface area (Å²) in [4.78, 5) is 23.7. The molecule has 4 rings (SSSR count). The van der Waals surface area contributed by atoms with Gasteiger partial charge in [0.2, 0.25) is 0 Å². The number of ether oxygens (including phenoxy) is 1. The number of benzene rings is 2. The predicted molar refractivity (Wildman–Crippen MR) is 156 cm³/mol. The van der Waals surface area contributed by atoms with Crippen molar-refractivity contribution in [3.8, 4) is 22.6 Å². The number of alkyl halides is 9. The highest BCUT2D eigenvalue weighted by Crippen LogP contribution is 2.36. The number of nitrogens with two attached hydrogens (primary N) is 1. The monoisotopic (exact) mass is 684 g/mol. The Bertz CT molecular complexity index is 1880. The highest BCUT2D eigenvalue weighted by Gasteiger charge is 2.35. The predicted octanol–water partition coefficient (Wildman–Crippen LogP) is 7.69. The molecule has 0 radical (unpaired) electrons. The van der Waals surface area contributed by atoms with Crippen molar-refractivity contribution in [2.45, 2.75) is 25.5 Å². The van der Waals surface area contributed by atoms with Crippen LogP contribution in [0.15, 0.2) is 88.9 Å². The summed E-state index contributed by atoms with van der Waals surface area (Å²) in [5, 5.41) is 7.76. The highest BCUT2D eigenvalue weighted by molar-refractivity contribution is 5.92. The summed E-state index contributed by atoms with van der Waals surface area (Å²) in [5.41, 5.74) is 1.78. The fourth-order valence-electron chi connectivity index (χ4n) is 3.91. The third-order valence-corrected chi connectivity index (χ3v) is 6.13. The maximum absolute atomic E-state index is 13.3. The number of pyridine rings is 1. The molecule has 2 heterocycles. The smallest absolute Gasteiger partial charge is 0.424 e. The third-order valence-electron chi connectivity index (χ3n) is 6.13. The number of halogens is 9. The molecule has 10 nitrogen and oxygen atoms in total. The first kappa shape index (κ1) is 35.0. The van der Waals surface area contributed by atoms with Gasteiger partial charge in [-0.05, 0) is 61.7 Å². The molecular weight excluding hydrogens is 663 g/mol. The number of nitrogens with zero attached hydrogens (tertiary/aromatic N) is 5. The number of nitrogens with one attached hydrogen (secondary N) is 2. The van der Waals surface area contributed by atoms with E-state index in [1.165, 1.54) is 31.2 Å². The number of rotatable bonds is 6. The highest BCUT2D eigenvalue weighted by atomic mass is 19.4. The Morgan fingerprint density at radius 1 is 0.938 bits per heavy atom. The van der Waals surface area contributed by atoms with E-state index >= 15 is 0 Å². The largest absolute Gasteiger partial charge is 0.435 e. The van der Waals surface area contributed by atoms with Gasteiger partial charge in [0.1, 0.15) is 11.6 Å². The van der Waals surface area contributed by atoms with Gasteiger partial charge in [-0.25, -0.2) is 24.4 Å². The lowest BCUT2D eigenvalue weighted by Gasteiger charge is -2.15. The normalized spacial score (nSPS) is 12.9. The van der Waals surface area contributed by atoms with Crippen LogP contribution in [0.5, 0.6) is 5.75 Å². The van der Waals surface area contributed by atoms with E-state index in [0.717, 1.165) is 24.5 Å². The van der Waals surface area contributed by atoms with Crippen molar-refractivity contribution in [2.75, 3.05) is 11.1 Å². The lowest BCUT2D eigenvalue weighted by molar-refractivity contribution is -0.141. The van der Waals surface area contributed by atoms with E-state index < -0.39 is 47.1 Å². The van der Waals surface area contributed by atoms with Crippen LogP contribution in [0.2, 0.25) is 0 Å². The summed E-state index contributed by atoms with van der Waals surface area (Å²) in [7, 11) is 0. The average Bonchev–Trinajstić information content (AvgIpc) is 3.50. The van der Waals surface area contributed by atoms with Crippen LogP contribution in [-0.4, -0.2) is 33.5 Å². The van der Waals surface area contributed by atoms with Crippen molar-refractivity contribution in [3.05, 3.63) is 95.7 Å². The Morgan fingerprint density at radius 2 is 1.60 bits per heavy atom. The minimum atomic E-state index is -4.84. The van der Waals surface area contributed by atoms with E-state index in [1.807, 2.05) is 0 Å². The van der Waals surface area contributed by atoms with Gasteiger partial charge in [0.05, 0.1) is 28.7 Å². The topological polar surface area (TPSA) is 132 Å². The minimum Gasteiger partial charge on any atom is -0.424 e. The number of nitrogen functional groups attached to an aromatic ring is 1. The Balaban J connectivity index is 1.48. The number of anilines is 2. The number of urea groups is 1. The zero-order valence-corrected chi connectivity index (χ0v) is 24.2. The summed E-state index contributed by atoms with van der Waals surface area (Å²) >= 11 is 0. The van der Waals surface area contributed by atoms with Crippen LogP contribution in [0, 0.1) is 0 Å². The zero-order valence-electron chi connectivity index (χ0n) is 24.2. The lowest BCUT2D eigenvalue weighted by atomic mass is 10.0. The number of aromatic nitrogens is 3.